The monoisotopic (exact) mass is 239 g/mol. The van der Waals surface area contributed by atoms with Crippen molar-refractivity contribution in [3.8, 4) is 0 Å². The highest BCUT2D eigenvalue weighted by Gasteiger charge is 2.24. The van der Waals surface area contributed by atoms with E-state index < -0.39 is 0 Å². The van der Waals surface area contributed by atoms with E-state index in [0.717, 1.165) is 6.42 Å². The summed E-state index contributed by atoms with van der Waals surface area (Å²) in [5.41, 5.74) is 6.27. The molecule has 0 bridgehead atoms. The van der Waals surface area contributed by atoms with Gasteiger partial charge in [0.05, 0.1) is 0 Å². The first-order valence-electron chi connectivity index (χ1n) is 5.71. The molecule has 0 spiro atoms. The van der Waals surface area contributed by atoms with Gasteiger partial charge in [-0.25, -0.2) is 0 Å². The molecule has 17 heavy (non-hydrogen) atoms. The van der Waals surface area contributed by atoms with E-state index in [-0.39, 0.29) is 0 Å². The number of thiocarbonyl (C=S) groups is 1. The lowest BCUT2D eigenvalue weighted by Crippen LogP contribution is -2.24. The Morgan fingerprint density at radius 3 is 2.94 bits per heavy atom. The average Bonchev–Trinajstić information content (AvgIpc) is 2.40. The minimum absolute atomic E-state index is 0.965. The molecule has 0 N–H and O–H groups in total. The van der Waals surface area contributed by atoms with Gasteiger partial charge in [0.1, 0.15) is 0 Å². The first-order valence-corrected chi connectivity index (χ1v) is 6.18. The molecule has 3 rings (SSSR count). The Balaban J connectivity index is 2.32. The second-order valence-electron chi connectivity index (χ2n) is 4.27. The molecule has 1 aliphatic carbocycles. The second-order valence-corrected chi connectivity index (χ2v) is 4.51. The van der Waals surface area contributed by atoms with E-state index in [1.165, 1.54) is 28.1 Å². The van der Waals surface area contributed by atoms with E-state index in [2.05, 4.69) is 54.4 Å². The Bertz CT molecular complexity index is 578. The number of fused-ring (bicyclic) bond motifs is 2. The third-order valence-corrected chi connectivity index (χ3v) is 3.62. The van der Waals surface area contributed by atoms with Crippen molar-refractivity contribution in [2.45, 2.75) is 6.42 Å². The maximum Gasteiger partial charge on any atom is 0.0488 e. The topological polar surface area (TPSA) is 3.24 Å². The van der Waals surface area contributed by atoms with Gasteiger partial charge in [-0.1, -0.05) is 42.6 Å². The van der Waals surface area contributed by atoms with E-state index in [4.69, 9.17) is 12.2 Å². The lowest BCUT2D eigenvalue weighted by molar-refractivity contribution is 1.03. The van der Waals surface area contributed by atoms with Crippen LogP contribution >= 0.6 is 12.2 Å². The highest BCUT2D eigenvalue weighted by Crippen LogP contribution is 2.40. The van der Waals surface area contributed by atoms with Crippen LogP contribution < -0.4 is 4.90 Å². The fraction of sp³-hybridized carbons (Fsp3) is 0.133. The van der Waals surface area contributed by atoms with Gasteiger partial charge in [0.25, 0.3) is 0 Å². The molecule has 2 aliphatic rings. The van der Waals surface area contributed by atoms with E-state index in [1.54, 1.807) is 0 Å². The van der Waals surface area contributed by atoms with Crippen LogP contribution in [0.3, 0.4) is 0 Å². The Morgan fingerprint density at radius 2 is 2.12 bits per heavy atom. The molecule has 84 valence electrons. The first-order chi connectivity index (χ1) is 8.33. The number of hydrogen-bond acceptors (Lipinski definition) is 2. The third kappa shape index (κ3) is 1.48. The van der Waals surface area contributed by atoms with Crippen molar-refractivity contribution in [3.05, 3.63) is 59.3 Å². The van der Waals surface area contributed by atoms with Crippen LogP contribution in [0.15, 0.2) is 53.8 Å². The molecule has 0 radical (unpaired) electrons. The van der Waals surface area contributed by atoms with Gasteiger partial charge in [0, 0.05) is 34.9 Å². The summed E-state index contributed by atoms with van der Waals surface area (Å²) in [6.07, 6.45) is 7.42. The van der Waals surface area contributed by atoms with E-state index in [1.807, 2.05) is 5.37 Å². The predicted molar refractivity (Wildman–Crippen MR) is 77.3 cm³/mol. The second kappa shape index (κ2) is 3.97. The van der Waals surface area contributed by atoms with Crippen LogP contribution in [-0.2, 0) is 0 Å². The van der Waals surface area contributed by atoms with Crippen LogP contribution in [0.4, 0.5) is 5.69 Å². The summed E-state index contributed by atoms with van der Waals surface area (Å²) < 4.78 is 0. The third-order valence-electron chi connectivity index (χ3n) is 3.38. The minimum atomic E-state index is 0.965. The summed E-state index contributed by atoms with van der Waals surface area (Å²) >= 11 is 5.20. The fourth-order valence-corrected chi connectivity index (χ4v) is 2.80. The Hall–Kier alpha value is -1.67. The summed E-state index contributed by atoms with van der Waals surface area (Å²) in [5.74, 6) is 0. The summed E-state index contributed by atoms with van der Waals surface area (Å²) in [6, 6.07) is 8.43. The van der Waals surface area contributed by atoms with Gasteiger partial charge in [0.2, 0.25) is 0 Å². The Kier molecular flexibility index (Phi) is 2.45. The molecule has 2 heteroatoms. The number of allylic oxidation sites excluding steroid dienone is 5. The zero-order valence-electron chi connectivity index (χ0n) is 9.68. The molecule has 1 aromatic rings. The van der Waals surface area contributed by atoms with Crippen molar-refractivity contribution in [3.63, 3.8) is 0 Å². The van der Waals surface area contributed by atoms with Crippen molar-refractivity contribution >= 4 is 28.8 Å². The van der Waals surface area contributed by atoms with Gasteiger partial charge < -0.3 is 4.90 Å². The van der Waals surface area contributed by atoms with E-state index in [9.17, 15) is 0 Å². The molecular formula is C15H13NS. The van der Waals surface area contributed by atoms with Crippen LogP contribution in [-0.4, -0.2) is 12.4 Å². The maximum atomic E-state index is 5.20. The van der Waals surface area contributed by atoms with Crippen LogP contribution in [0.25, 0.3) is 5.57 Å². The number of nitrogens with zero attached hydrogens (tertiary/aromatic N) is 1. The molecular weight excluding hydrogens is 226 g/mol. The van der Waals surface area contributed by atoms with Crippen molar-refractivity contribution in [1.82, 2.24) is 0 Å². The molecule has 0 aromatic heterocycles. The van der Waals surface area contributed by atoms with Crippen LogP contribution in [0.2, 0.25) is 0 Å². The molecule has 0 saturated carbocycles. The van der Waals surface area contributed by atoms with Crippen LogP contribution in [0, 0.1) is 0 Å². The molecule has 1 aliphatic heterocycles. The largest absolute Gasteiger partial charge is 0.344 e. The standard InChI is InChI=1S/C15H13NS/c1-16-14-8-4-2-6-11(14)13(10-17)12-7-3-5-9-15(12)16/h2-6,8-10H,7H2,1H3. The summed E-state index contributed by atoms with van der Waals surface area (Å²) in [7, 11) is 2.12. The highest BCUT2D eigenvalue weighted by molar-refractivity contribution is 7.79. The van der Waals surface area contributed by atoms with Gasteiger partial charge in [-0.2, -0.15) is 0 Å². The van der Waals surface area contributed by atoms with Crippen molar-refractivity contribution in [1.29, 1.82) is 0 Å². The zero-order chi connectivity index (χ0) is 11.8. The van der Waals surface area contributed by atoms with E-state index >= 15 is 0 Å². The number of benzene rings is 1. The van der Waals surface area contributed by atoms with E-state index in [0.29, 0.717) is 0 Å². The van der Waals surface area contributed by atoms with Gasteiger partial charge in [0.15, 0.2) is 0 Å². The lowest BCUT2D eigenvalue weighted by Gasteiger charge is -2.34. The zero-order valence-corrected chi connectivity index (χ0v) is 10.5. The molecule has 0 unspecified atom stereocenters. The quantitative estimate of drug-likeness (QED) is 0.687. The molecule has 0 saturated heterocycles. The maximum absolute atomic E-state index is 5.20. The summed E-state index contributed by atoms with van der Waals surface area (Å²) in [4.78, 5) is 2.25. The van der Waals surface area contributed by atoms with Crippen LogP contribution in [0.5, 0.6) is 0 Å². The Labute approximate surface area is 107 Å². The SMILES string of the molecule is CN1C2=CC=CCC2=C(C=S)c2ccccc21. The molecule has 1 aromatic carbocycles. The molecule has 0 fully saturated rings. The summed E-state index contributed by atoms with van der Waals surface area (Å²) in [5, 5.41) is 1.81. The molecule has 1 heterocycles. The number of anilines is 1. The van der Waals surface area contributed by atoms with Gasteiger partial charge in [-0.3, -0.25) is 0 Å². The molecule has 1 nitrogen and oxygen atoms in total. The number of hydrogen-bond donors (Lipinski definition) is 0. The lowest BCUT2D eigenvalue weighted by atomic mass is 9.88. The van der Waals surface area contributed by atoms with Crippen molar-refractivity contribution in [2.75, 3.05) is 11.9 Å². The number of rotatable bonds is 1. The van der Waals surface area contributed by atoms with Gasteiger partial charge >= 0.3 is 0 Å². The summed E-state index contributed by atoms with van der Waals surface area (Å²) in [6.45, 7) is 0. The van der Waals surface area contributed by atoms with Gasteiger partial charge in [-0.15, -0.1) is 0 Å². The average molecular weight is 239 g/mol. The Morgan fingerprint density at radius 1 is 1.29 bits per heavy atom. The van der Waals surface area contributed by atoms with Gasteiger partial charge in [-0.05, 0) is 24.1 Å². The van der Waals surface area contributed by atoms with Crippen LogP contribution in [0.1, 0.15) is 12.0 Å². The van der Waals surface area contributed by atoms with Crippen molar-refractivity contribution in [2.24, 2.45) is 0 Å². The molecule has 0 atom stereocenters. The molecule has 0 amide bonds. The highest BCUT2D eigenvalue weighted by atomic mass is 32.1. The number of likely N-dealkylation sites (N-methyl/N-ethyl adjacent to an activating group) is 1. The minimum Gasteiger partial charge on any atom is -0.344 e. The normalized spacial score (nSPS) is 17.5. The smallest absolute Gasteiger partial charge is 0.0488 e. The predicted octanol–water partition coefficient (Wildman–Crippen LogP) is 3.73. The van der Waals surface area contributed by atoms with Crippen molar-refractivity contribution < 1.29 is 0 Å². The first kappa shape index (κ1) is 10.5. The fourth-order valence-electron chi connectivity index (χ4n) is 2.53. The number of para-hydroxylation sites is 1.